The molecule has 0 saturated heterocycles. The fourth-order valence-corrected chi connectivity index (χ4v) is 2.20. The maximum Gasteiger partial charge on any atom is 0.0475 e. The second-order valence-electron chi connectivity index (χ2n) is 4.49. The smallest absolute Gasteiger partial charge is 0.0475 e. The summed E-state index contributed by atoms with van der Waals surface area (Å²) in [7, 11) is 0. The van der Waals surface area contributed by atoms with Gasteiger partial charge in [-0.15, -0.1) is 0 Å². The summed E-state index contributed by atoms with van der Waals surface area (Å²) in [5, 5.41) is 0. The molecule has 1 aromatic heterocycles. The molecular weight excluding hydrogens is 194 g/mol. The SMILES string of the molecule is Cc1c(C)c(C)n(Cc2ccccc2)c1C. The second-order valence-corrected chi connectivity index (χ2v) is 4.49. The molecule has 0 amide bonds. The molecule has 1 heterocycles. The summed E-state index contributed by atoms with van der Waals surface area (Å²) in [4.78, 5) is 0. The first kappa shape index (κ1) is 11.0. The van der Waals surface area contributed by atoms with Gasteiger partial charge in [0.2, 0.25) is 0 Å². The van der Waals surface area contributed by atoms with E-state index in [9.17, 15) is 0 Å². The Hall–Kier alpha value is -1.50. The predicted molar refractivity (Wildman–Crippen MR) is 68.9 cm³/mol. The van der Waals surface area contributed by atoms with E-state index in [4.69, 9.17) is 0 Å². The highest BCUT2D eigenvalue weighted by Gasteiger charge is 2.10. The van der Waals surface area contributed by atoms with E-state index in [1.54, 1.807) is 0 Å². The Balaban J connectivity index is 2.39. The fourth-order valence-electron chi connectivity index (χ4n) is 2.20. The summed E-state index contributed by atoms with van der Waals surface area (Å²) in [6, 6.07) is 10.6. The van der Waals surface area contributed by atoms with E-state index in [0.29, 0.717) is 0 Å². The molecule has 84 valence electrons. The van der Waals surface area contributed by atoms with Gasteiger partial charge in [0.25, 0.3) is 0 Å². The van der Waals surface area contributed by atoms with E-state index in [0.717, 1.165) is 6.54 Å². The lowest BCUT2D eigenvalue weighted by molar-refractivity contribution is 0.745. The number of hydrogen-bond acceptors (Lipinski definition) is 0. The molecule has 0 aliphatic rings. The first-order valence-corrected chi connectivity index (χ1v) is 5.78. The average Bonchev–Trinajstić information content (AvgIpc) is 2.48. The lowest BCUT2D eigenvalue weighted by Crippen LogP contribution is -2.03. The molecule has 0 bridgehead atoms. The monoisotopic (exact) mass is 213 g/mol. The summed E-state index contributed by atoms with van der Waals surface area (Å²) in [5.41, 5.74) is 6.99. The molecule has 0 aliphatic heterocycles. The number of rotatable bonds is 2. The molecule has 0 aliphatic carbocycles. The summed E-state index contributed by atoms with van der Waals surface area (Å²) in [6.45, 7) is 9.81. The molecule has 0 unspecified atom stereocenters. The van der Waals surface area contributed by atoms with Crippen LogP contribution in [-0.4, -0.2) is 4.57 Å². The zero-order chi connectivity index (χ0) is 11.7. The number of benzene rings is 1. The summed E-state index contributed by atoms with van der Waals surface area (Å²) in [6.07, 6.45) is 0. The molecule has 0 saturated carbocycles. The van der Waals surface area contributed by atoms with Crippen LogP contribution in [0.25, 0.3) is 0 Å². The third-order valence-electron chi connectivity index (χ3n) is 3.64. The van der Waals surface area contributed by atoms with Crippen molar-refractivity contribution >= 4 is 0 Å². The summed E-state index contributed by atoms with van der Waals surface area (Å²) in [5.74, 6) is 0. The maximum atomic E-state index is 2.40. The first-order chi connectivity index (χ1) is 7.61. The van der Waals surface area contributed by atoms with Crippen molar-refractivity contribution in [3.63, 3.8) is 0 Å². The minimum absolute atomic E-state index is 0.979. The van der Waals surface area contributed by atoms with Crippen LogP contribution >= 0.6 is 0 Å². The van der Waals surface area contributed by atoms with E-state index >= 15 is 0 Å². The van der Waals surface area contributed by atoms with Gasteiger partial charge in [-0.2, -0.15) is 0 Å². The molecule has 0 fully saturated rings. The van der Waals surface area contributed by atoms with Gasteiger partial charge in [-0.1, -0.05) is 30.3 Å². The number of aromatic nitrogens is 1. The Bertz CT molecular complexity index is 466. The minimum Gasteiger partial charge on any atom is -0.344 e. The van der Waals surface area contributed by atoms with Crippen molar-refractivity contribution < 1.29 is 0 Å². The van der Waals surface area contributed by atoms with Gasteiger partial charge in [0.15, 0.2) is 0 Å². The molecule has 2 rings (SSSR count). The van der Waals surface area contributed by atoms with Crippen LogP contribution in [0.4, 0.5) is 0 Å². The Morgan fingerprint density at radius 2 is 1.31 bits per heavy atom. The van der Waals surface area contributed by atoms with Crippen LogP contribution in [0.2, 0.25) is 0 Å². The molecule has 0 atom stereocenters. The molecular formula is C15H19N. The minimum atomic E-state index is 0.979. The van der Waals surface area contributed by atoms with Crippen LogP contribution in [0.3, 0.4) is 0 Å². The number of hydrogen-bond donors (Lipinski definition) is 0. The molecule has 0 spiro atoms. The van der Waals surface area contributed by atoms with Crippen LogP contribution in [0.1, 0.15) is 28.1 Å². The van der Waals surface area contributed by atoms with E-state index < -0.39 is 0 Å². The van der Waals surface area contributed by atoms with Gasteiger partial charge >= 0.3 is 0 Å². The van der Waals surface area contributed by atoms with Gasteiger partial charge in [-0.05, 0) is 44.4 Å². The zero-order valence-corrected chi connectivity index (χ0v) is 10.5. The van der Waals surface area contributed by atoms with Gasteiger partial charge in [-0.3, -0.25) is 0 Å². The van der Waals surface area contributed by atoms with Gasteiger partial charge < -0.3 is 4.57 Å². The van der Waals surface area contributed by atoms with Gasteiger partial charge in [-0.25, -0.2) is 0 Å². The number of nitrogens with zero attached hydrogens (tertiary/aromatic N) is 1. The second kappa shape index (κ2) is 4.17. The van der Waals surface area contributed by atoms with Crippen LogP contribution in [0.5, 0.6) is 0 Å². The summed E-state index contributed by atoms with van der Waals surface area (Å²) >= 11 is 0. The Labute approximate surface area is 97.7 Å². The largest absolute Gasteiger partial charge is 0.344 e. The molecule has 1 heteroatoms. The van der Waals surface area contributed by atoms with Gasteiger partial charge in [0.05, 0.1) is 0 Å². The maximum absolute atomic E-state index is 2.40. The Morgan fingerprint density at radius 3 is 1.81 bits per heavy atom. The van der Waals surface area contributed by atoms with Crippen LogP contribution < -0.4 is 0 Å². The lowest BCUT2D eigenvalue weighted by Gasteiger charge is -2.09. The average molecular weight is 213 g/mol. The van der Waals surface area contributed by atoms with Crippen LogP contribution in [0.15, 0.2) is 30.3 Å². The van der Waals surface area contributed by atoms with Crippen LogP contribution in [-0.2, 0) is 6.54 Å². The molecule has 1 aromatic carbocycles. The first-order valence-electron chi connectivity index (χ1n) is 5.78. The normalized spacial score (nSPS) is 10.8. The zero-order valence-electron chi connectivity index (χ0n) is 10.5. The van der Waals surface area contributed by atoms with E-state index in [-0.39, 0.29) is 0 Å². The van der Waals surface area contributed by atoms with Crippen LogP contribution in [0, 0.1) is 27.7 Å². The van der Waals surface area contributed by atoms with Crippen molar-refractivity contribution in [3.05, 3.63) is 58.4 Å². The Morgan fingerprint density at radius 1 is 0.812 bits per heavy atom. The standard InChI is InChI=1S/C15H19N/c1-11-12(2)14(4)16(13(11)3)10-15-8-6-5-7-9-15/h5-9H,10H2,1-4H3. The summed E-state index contributed by atoms with van der Waals surface area (Å²) < 4.78 is 2.40. The van der Waals surface area contributed by atoms with Crippen molar-refractivity contribution in [3.8, 4) is 0 Å². The quantitative estimate of drug-likeness (QED) is 0.715. The van der Waals surface area contributed by atoms with Crippen molar-refractivity contribution in [1.82, 2.24) is 4.57 Å². The molecule has 0 N–H and O–H groups in total. The lowest BCUT2D eigenvalue weighted by atomic mass is 10.2. The highest BCUT2D eigenvalue weighted by atomic mass is 15.0. The highest BCUT2D eigenvalue weighted by molar-refractivity contribution is 5.36. The predicted octanol–water partition coefficient (Wildman–Crippen LogP) is 3.77. The van der Waals surface area contributed by atoms with Gasteiger partial charge in [0, 0.05) is 17.9 Å². The van der Waals surface area contributed by atoms with Gasteiger partial charge in [0.1, 0.15) is 0 Å². The van der Waals surface area contributed by atoms with E-state index in [1.807, 2.05) is 0 Å². The van der Waals surface area contributed by atoms with Crippen molar-refractivity contribution in [1.29, 1.82) is 0 Å². The van der Waals surface area contributed by atoms with Crippen molar-refractivity contribution in [2.24, 2.45) is 0 Å². The molecule has 16 heavy (non-hydrogen) atoms. The van der Waals surface area contributed by atoms with Crippen molar-refractivity contribution in [2.45, 2.75) is 34.2 Å². The highest BCUT2D eigenvalue weighted by Crippen LogP contribution is 2.21. The Kier molecular flexibility index (Phi) is 2.86. The third kappa shape index (κ3) is 1.78. The van der Waals surface area contributed by atoms with Crippen molar-refractivity contribution in [2.75, 3.05) is 0 Å². The molecule has 2 aromatic rings. The van der Waals surface area contributed by atoms with E-state index in [2.05, 4.69) is 62.6 Å². The topological polar surface area (TPSA) is 4.93 Å². The van der Waals surface area contributed by atoms with E-state index in [1.165, 1.54) is 28.1 Å². The molecule has 0 radical (unpaired) electrons. The molecule has 1 nitrogen and oxygen atoms in total. The third-order valence-corrected chi connectivity index (χ3v) is 3.64. The fraction of sp³-hybridized carbons (Fsp3) is 0.333.